The number of hydrogen-bond donors (Lipinski definition) is 2. The summed E-state index contributed by atoms with van der Waals surface area (Å²) in [7, 11) is 0. The summed E-state index contributed by atoms with van der Waals surface area (Å²) in [4.78, 5) is 21.9. The molecule has 1 aromatic carbocycles. The van der Waals surface area contributed by atoms with Gasteiger partial charge in [0, 0.05) is 13.0 Å². The molecule has 0 aliphatic rings. The van der Waals surface area contributed by atoms with Gasteiger partial charge in [0.2, 0.25) is 0 Å². The third-order valence-corrected chi connectivity index (χ3v) is 3.09. The van der Waals surface area contributed by atoms with Gasteiger partial charge in [-0.15, -0.1) is 0 Å². The Kier molecular flexibility index (Phi) is 7.94. The second-order valence-corrected chi connectivity index (χ2v) is 4.96. The molecule has 0 unspecified atom stereocenters. The number of unbranched alkanes of at least 4 members (excludes halogenated alkanes) is 3. The van der Waals surface area contributed by atoms with E-state index in [1.807, 2.05) is 31.2 Å². The highest BCUT2D eigenvalue weighted by molar-refractivity contribution is 5.77. The van der Waals surface area contributed by atoms with Crippen molar-refractivity contribution in [2.45, 2.75) is 39.0 Å². The molecule has 0 radical (unpaired) electrons. The molecule has 2 N–H and O–H groups in total. The summed E-state index contributed by atoms with van der Waals surface area (Å²) >= 11 is 0. The lowest BCUT2D eigenvalue weighted by atomic mass is 10.1. The number of para-hydroxylation sites is 1. The molecule has 0 bridgehead atoms. The van der Waals surface area contributed by atoms with Gasteiger partial charge in [0.05, 0.1) is 0 Å². The molecule has 0 saturated heterocycles. The van der Waals surface area contributed by atoms with Crippen molar-refractivity contribution in [3.8, 4) is 5.75 Å². The van der Waals surface area contributed by atoms with Gasteiger partial charge in [0.1, 0.15) is 5.75 Å². The third-order valence-electron chi connectivity index (χ3n) is 3.09. The van der Waals surface area contributed by atoms with E-state index in [-0.39, 0.29) is 18.9 Å². The Bertz CT molecular complexity index is 459. The zero-order valence-corrected chi connectivity index (χ0v) is 12.4. The standard InChI is InChI=1S/C16H23NO4/c1-13-8-5-6-9-14(13)21-12-15(18)17-11-7-3-2-4-10-16(19)20/h5-6,8-9H,2-4,7,10-12H2,1H3,(H,17,18)(H,19,20). The second-order valence-electron chi connectivity index (χ2n) is 4.96. The van der Waals surface area contributed by atoms with Crippen LogP contribution in [0, 0.1) is 6.92 Å². The number of aliphatic carboxylic acids is 1. The largest absolute Gasteiger partial charge is 0.484 e. The predicted molar refractivity (Wildman–Crippen MR) is 80.4 cm³/mol. The highest BCUT2D eigenvalue weighted by Crippen LogP contribution is 2.15. The molecular weight excluding hydrogens is 270 g/mol. The molecule has 21 heavy (non-hydrogen) atoms. The van der Waals surface area contributed by atoms with E-state index in [1.54, 1.807) is 0 Å². The maximum absolute atomic E-state index is 11.6. The van der Waals surface area contributed by atoms with E-state index < -0.39 is 5.97 Å². The lowest BCUT2D eigenvalue weighted by molar-refractivity contribution is -0.137. The summed E-state index contributed by atoms with van der Waals surface area (Å²) in [6.45, 7) is 2.55. The number of benzene rings is 1. The zero-order valence-electron chi connectivity index (χ0n) is 12.4. The summed E-state index contributed by atoms with van der Waals surface area (Å²) in [5.74, 6) is -0.165. The van der Waals surface area contributed by atoms with Gasteiger partial charge in [-0.05, 0) is 31.4 Å². The van der Waals surface area contributed by atoms with Crippen molar-refractivity contribution in [3.05, 3.63) is 29.8 Å². The van der Waals surface area contributed by atoms with Gasteiger partial charge in [-0.3, -0.25) is 9.59 Å². The Morgan fingerprint density at radius 2 is 1.86 bits per heavy atom. The van der Waals surface area contributed by atoms with E-state index in [0.29, 0.717) is 13.0 Å². The van der Waals surface area contributed by atoms with Crippen molar-refractivity contribution in [1.82, 2.24) is 5.32 Å². The average molecular weight is 293 g/mol. The van der Waals surface area contributed by atoms with Crippen LogP contribution in [0.1, 0.15) is 37.7 Å². The quantitative estimate of drug-likeness (QED) is 0.650. The summed E-state index contributed by atoms with van der Waals surface area (Å²) in [6.07, 6.45) is 3.57. The van der Waals surface area contributed by atoms with E-state index in [0.717, 1.165) is 30.6 Å². The molecule has 5 nitrogen and oxygen atoms in total. The highest BCUT2D eigenvalue weighted by Gasteiger charge is 2.03. The molecule has 0 aliphatic heterocycles. The maximum Gasteiger partial charge on any atom is 0.303 e. The Labute approximate surface area is 125 Å². The number of nitrogens with one attached hydrogen (secondary N) is 1. The number of rotatable bonds is 10. The minimum Gasteiger partial charge on any atom is -0.484 e. The molecule has 5 heteroatoms. The van der Waals surface area contributed by atoms with E-state index >= 15 is 0 Å². The molecule has 1 aromatic rings. The van der Waals surface area contributed by atoms with Gasteiger partial charge < -0.3 is 15.2 Å². The first-order valence-corrected chi connectivity index (χ1v) is 7.26. The van der Waals surface area contributed by atoms with Crippen LogP contribution >= 0.6 is 0 Å². The van der Waals surface area contributed by atoms with Gasteiger partial charge in [0.15, 0.2) is 6.61 Å². The first-order chi connectivity index (χ1) is 10.1. The molecule has 0 atom stereocenters. The van der Waals surface area contributed by atoms with Gasteiger partial charge in [0.25, 0.3) is 5.91 Å². The Hall–Kier alpha value is -2.04. The lowest BCUT2D eigenvalue weighted by Gasteiger charge is -2.09. The second kappa shape index (κ2) is 9.80. The van der Waals surface area contributed by atoms with Gasteiger partial charge in [-0.1, -0.05) is 31.0 Å². The Morgan fingerprint density at radius 3 is 2.57 bits per heavy atom. The number of carboxylic acids is 1. The van der Waals surface area contributed by atoms with Crippen molar-refractivity contribution in [2.75, 3.05) is 13.2 Å². The molecule has 0 heterocycles. The van der Waals surface area contributed by atoms with Crippen LogP contribution in [0.15, 0.2) is 24.3 Å². The molecule has 0 saturated carbocycles. The first kappa shape index (κ1) is 17.0. The predicted octanol–water partition coefficient (Wildman–Crippen LogP) is 2.53. The summed E-state index contributed by atoms with van der Waals surface area (Å²) in [5.41, 5.74) is 1.00. The summed E-state index contributed by atoms with van der Waals surface area (Å²) in [6, 6.07) is 7.57. The van der Waals surface area contributed by atoms with Crippen LogP contribution in [0.4, 0.5) is 0 Å². The first-order valence-electron chi connectivity index (χ1n) is 7.26. The van der Waals surface area contributed by atoms with Crippen LogP contribution in [0.2, 0.25) is 0 Å². The number of aryl methyl sites for hydroxylation is 1. The normalized spacial score (nSPS) is 10.1. The fourth-order valence-corrected chi connectivity index (χ4v) is 1.90. The van der Waals surface area contributed by atoms with Crippen molar-refractivity contribution < 1.29 is 19.4 Å². The number of ether oxygens (including phenoxy) is 1. The van der Waals surface area contributed by atoms with Gasteiger partial charge in [-0.2, -0.15) is 0 Å². The smallest absolute Gasteiger partial charge is 0.303 e. The maximum atomic E-state index is 11.6. The van der Waals surface area contributed by atoms with Crippen LogP contribution < -0.4 is 10.1 Å². The zero-order chi connectivity index (χ0) is 15.5. The minimum absolute atomic E-state index is 0.0177. The van der Waals surface area contributed by atoms with Crippen molar-refractivity contribution in [1.29, 1.82) is 0 Å². The molecule has 0 fully saturated rings. The SMILES string of the molecule is Cc1ccccc1OCC(=O)NCCCCCCC(=O)O. The van der Waals surface area contributed by atoms with Crippen LogP contribution in [-0.4, -0.2) is 30.1 Å². The molecule has 0 spiro atoms. The molecule has 0 aliphatic carbocycles. The van der Waals surface area contributed by atoms with Crippen LogP contribution in [0.5, 0.6) is 5.75 Å². The van der Waals surface area contributed by atoms with Crippen LogP contribution in [0.3, 0.4) is 0 Å². The number of amides is 1. The molecule has 116 valence electrons. The monoisotopic (exact) mass is 293 g/mol. The van der Waals surface area contributed by atoms with Crippen molar-refractivity contribution in [3.63, 3.8) is 0 Å². The highest BCUT2D eigenvalue weighted by atomic mass is 16.5. The van der Waals surface area contributed by atoms with Crippen LogP contribution in [-0.2, 0) is 9.59 Å². The number of carbonyl (C=O) groups excluding carboxylic acids is 1. The van der Waals surface area contributed by atoms with Gasteiger partial charge >= 0.3 is 5.97 Å². The molecule has 1 amide bonds. The summed E-state index contributed by atoms with van der Waals surface area (Å²) in [5, 5.41) is 11.3. The third kappa shape index (κ3) is 7.97. The topological polar surface area (TPSA) is 75.6 Å². The fraction of sp³-hybridized carbons (Fsp3) is 0.500. The van der Waals surface area contributed by atoms with Crippen molar-refractivity contribution >= 4 is 11.9 Å². The molecule has 0 aromatic heterocycles. The van der Waals surface area contributed by atoms with E-state index in [1.165, 1.54) is 0 Å². The lowest BCUT2D eigenvalue weighted by Crippen LogP contribution is -2.29. The summed E-state index contributed by atoms with van der Waals surface area (Å²) < 4.78 is 5.44. The Morgan fingerprint density at radius 1 is 1.14 bits per heavy atom. The minimum atomic E-state index is -0.753. The molecular formula is C16H23NO4. The Balaban J connectivity index is 2.04. The average Bonchev–Trinajstić information content (AvgIpc) is 2.45. The van der Waals surface area contributed by atoms with E-state index in [2.05, 4.69) is 5.32 Å². The van der Waals surface area contributed by atoms with Crippen LogP contribution in [0.25, 0.3) is 0 Å². The number of carbonyl (C=O) groups is 2. The van der Waals surface area contributed by atoms with Gasteiger partial charge in [-0.25, -0.2) is 0 Å². The van der Waals surface area contributed by atoms with E-state index in [9.17, 15) is 9.59 Å². The number of hydrogen-bond acceptors (Lipinski definition) is 3. The van der Waals surface area contributed by atoms with Crippen molar-refractivity contribution in [2.24, 2.45) is 0 Å². The fourth-order valence-electron chi connectivity index (χ4n) is 1.90. The van der Waals surface area contributed by atoms with E-state index in [4.69, 9.17) is 9.84 Å². The number of carboxylic acid groups (broad SMARTS) is 1. The molecule has 1 rings (SSSR count).